The molecule has 2 aromatic carbocycles. The summed E-state index contributed by atoms with van der Waals surface area (Å²) in [5.74, 6) is -3.48. The molecule has 9 nitrogen and oxygen atoms in total. The number of aliphatic hydroxyl groups is 1. The summed E-state index contributed by atoms with van der Waals surface area (Å²) in [5.41, 5.74) is -2.17. The van der Waals surface area contributed by atoms with Crippen LogP contribution in [0.1, 0.15) is 15.9 Å². The van der Waals surface area contributed by atoms with E-state index in [4.69, 9.17) is 37.4 Å². The molecule has 0 aromatic heterocycles. The van der Waals surface area contributed by atoms with Gasteiger partial charge in [0.2, 0.25) is 0 Å². The van der Waals surface area contributed by atoms with E-state index >= 15 is 0 Å². The second-order valence-electron chi connectivity index (χ2n) is 6.64. The van der Waals surface area contributed by atoms with Gasteiger partial charge in [0.1, 0.15) is 22.9 Å². The number of aliphatic hydroxyl groups excluding tert-OH is 1. The quantitative estimate of drug-likeness (QED) is 0.206. The van der Waals surface area contributed by atoms with Gasteiger partial charge in [0.05, 0.1) is 41.2 Å². The summed E-state index contributed by atoms with van der Waals surface area (Å²) < 4.78 is 53.5. The fourth-order valence-electron chi connectivity index (χ4n) is 2.46. The van der Waals surface area contributed by atoms with Gasteiger partial charge in [-0.15, -0.1) is 11.6 Å². The zero-order valence-electron chi connectivity index (χ0n) is 17.0. The standard InChI is InChI=1S/C20H16Cl2F3NO8/c21-7-18(28)32-9-11(8-27)10-33-19(29)14-6-13(2-3-16(14)26(30)31)34-17-4-1-12(5-15(17)22)20(23,24)25/h1-6,11,27H,7-10H2. The molecule has 0 spiro atoms. The molecule has 0 heterocycles. The second-order valence-corrected chi connectivity index (χ2v) is 7.32. The number of rotatable bonds is 10. The average Bonchev–Trinajstić information content (AvgIpc) is 2.79. The fourth-order valence-corrected chi connectivity index (χ4v) is 2.76. The minimum absolute atomic E-state index is 0.144. The average molecular weight is 526 g/mol. The van der Waals surface area contributed by atoms with Gasteiger partial charge in [-0.2, -0.15) is 13.2 Å². The van der Waals surface area contributed by atoms with Crippen molar-refractivity contribution in [2.75, 3.05) is 25.7 Å². The Labute approximate surface area is 200 Å². The van der Waals surface area contributed by atoms with Crippen molar-refractivity contribution < 1.29 is 47.0 Å². The van der Waals surface area contributed by atoms with E-state index in [9.17, 15) is 38.0 Å². The van der Waals surface area contributed by atoms with Crippen LogP contribution in [0.2, 0.25) is 5.02 Å². The van der Waals surface area contributed by atoms with Gasteiger partial charge in [-0.25, -0.2) is 4.79 Å². The van der Waals surface area contributed by atoms with E-state index in [1.165, 1.54) is 0 Å². The molecule has 0 aliphatic heterocycles. The van der Waals surface area contributed by atoms with E-state index in [0.717, 1.165) is 30.3 Å². The number of alkyl halides is 4. The van der Waals surface area contributed by atoms with Crippen LogP contribution in [-0.4, -0.2) is 47.7 Å². The SMILES string of the molecule is O=C(CCl)OCC(CO)COC(=O)c1cc(Oc2ccc(C(F)(F)F)cc2Cl)ccc1[N+](=O)[O-]. The van der Waals surface area contributed by atoms with Gasteiger partial charge in [-0.1, -0.05) is 11.6 Å². The van der Waals surface area contributed by atoms with Crippen molar-refractivity contribution in [2.24, 2.45) is 5.92 Å². The Bertz CT molecular complexity index is 1060. The normalized spacial score (nSPS) is 12.1. The van der Waals surface area contributed by atoms with Gasteiger partial charge in [-0.05, 0) is 24.3 Å². The van der Waals surface area contributed by atoms with E-state index < -0.39 is 64.9 Å². The highest BCUT2D eigenvalue weighted by Crippen LogP contribution is 2.37. The predicted molar refractivity (Wildman–Crippen MR) is 112 cm³/mol. The van der Waals surface area contributed by atoms with Crippen molar-refractivity contribution in [3.8, 4) is 11.5 Å². The first-order valence-electron chi connectivity index (χ1n) is 9.28. The molecule has 2 aromatic rings. The third-order valence-electron chi connectivity index (χ3n) is 4.17. The first-order chi connectivity index (χ1) is 16.0. The Kier molecular flexibility index (Phi) is 9.47. The molecule has 0 aliphatic rings. The van der Waals surface area contributed by atoms with E-state index in [1.807, 2.05) is 0 Å². The van der Waals surface area contributed by atoms with Crippen LogP contribution in [-0.2, 0) is 20.4 Å². The van der Waals surface area contributed by atoms with Gasteiger partial charge < -0.3 is 19.3 Å². The molecular weight excluding hydrogens is 510 g/mol. The second kappa shape index (κ2) is 11.9. The van der Waals surface area contributed by atoms with Gasteiger partial charge in [0.25, 0.3) is 5.69 Å². The van der Waals surface area contributed by atoms with Gasteiger partial charge >= 0.3 is 18.1 Å². The Hall–Kier alpha value is -3.09. The molecule has 0 fully saturated rings. The third-order valence-corrected chi connectivity index (χ3v) is 4.68. The lowest BCUT2D eigenvalue weighted by Gasteiger charge is -2.15. The minimum Gasteiger partial charge on any atom is -0.464 e. The number of nitro groups is 1. The van der Waals surface area contributed by atoms with Crippen LogP contribution in [0.4, 0.5) is 18.9 Å². The first kappa shape index (κ1) is 27.2. The molecule has 0 saturated heterocycles. The van der Waals surface area contributed by atoms with E-state index in [-0.39, 0.29) is 23.1 Å². The smallest absolute Gasteiger partial charge is 0.416 e. The zero-order chi connectivity index (χ0) is 25.5. The number of benzene rings is 2. The topological polar surface area (TPSA) is 125 Å². The summed E-state index contributed by atoms with van der Waals surface area (Å²) in [6.07, 6.45) is -4.62. The van der Waals surface area contributed by atoms with Crippen molar-refractivity contribution in [1.82, 2.24) is 0 Å². The fraction of sp³-hybridized carbons (Fsp3) is 0.300. The van der Waals surface area contributed by atoms with E-state index in [0.29, 0.717) is 6.07 Å². The number of ether oxygens (including phenoxy) is 3. The summed E-state index contributed by atoms with van der Waals surface area (Å²) in [4.78, 5) is 34.0. The summed E-state index contributed by atoms with van der Waals surface area (Å²) in [6, 6.07) is 5.34. The lowest BCUT2D eigenvalue weighted by molar-refractivity contribution is -0.385. The maximum Gasteiger partial charge on any atom is 0.416 e. The molecular formula is C20H16Cl2F3NO8. The molecule has 0 radical (unpaired) electrons. The summed E-state index contributed by atoms with van der Waals surface area (Å²) >= 11 is 11.1. The predicted octanol–water partition coefficient (Wildman–Crippen LogP) is 4.61. The van der Waals surface area contributed by atoms with Crippen molar-refractivity contribution >= 4 is 40.8 Å². The highest BCUT2D eigenvalue weighted by atomic mass is 35.5. The van der Waals surface area contributed by atoms with Crippen LogP contribution in [0.5, 0.6) is 11.5 Å². The highest BCUT2D eigenvalue weighted by molar-refractivity contribution is 6.32. The zero-order valence-corrected chi connectivity index (χ0v) is 18.5. The number of nitrogens with zero attached hydrogens (tertiary/aromatic N) is 1. The number of nitro benzene ring substituents is 1. The van der Waals surface area contributed by atoms with Gasteiger partial charge in [0, 0.05) is 12.1 Å². The molecule has 1 atom stereocenters. The Morgan fingerprint density at radius 1 is 1.12 bits per heavy atom. The molecule has 184 valence electrons. The van der Waals surface area contributed by atoms with E-state index in [2.05, 4.69) is 0 Å². The van der Waals surface area contributed by atoms with Crippen LogP contribution >= 0.6 is 23.2 Å². The number of hydrogen-bond donors (Lipinski definition) is 1. The maximum absolute atomic E-state index is 12.8. The number of carbonyl (C=O) groups excluding carboxylic acids is 2. The maximum atomic E-state index is 12.8. The first-order valence-corrected chi connectivity index (χ1v) is 10.2. The third kappa shape index (κ3) is 7.47. The highest BCUT2D eigenvalue weighted by Gasteiger charge is 2.31. The van der Waals surface area contributed by atoms with Crippen molar-refractivity contribution in [3.63, 3.8) is 0 Å². The van der Waals surface area contributed by atoms with Crippen LogP contribution < -0.4 is 4.74 Å². The largest absolute Gasteiger partial charge is 0.464 e. The van der Waals surface area contributed by atoms with Crippen molar-refractivity contribution in [3.05, 3.63) is 62.7 Å². The van der Waals surface area contributed by atoms with Gasteiger partial charge in [-0.3, -0.25) is 14.9 Å². The minimum atomic E-state index is -4.62. The molecule has 14 heteroatoms. The van der Waals surface area contributed by atoms with Crippen LogP contribution in [0.25, 0.3) is 0 Å². The Balaban J connectivity index is 2.20. The molecule has 0 saturated carbocycles. The molecule has 0 bridgehead atoms. The summed E-state index contributed by atoms with van der Waals surface area (Å²) in [6.45, 7) is -1.29. The molecule has 34 heavy (non-hydrogen) atoms. The van der Waals surface area contributed by atoms with Crippen LogP contribution in [0, 0.1) is 16.0 Å². The number of halogens is 5. The monoisotopic (exact) mass is 525 g/mol. The van der Waals surface area contributed by atoms with Gasteiger partial charge in [0.15, 0.2) is 0 Å². The molecule has 1 N–H and O–H groups in total. The molecule has 0 aliphatic carbocycles. The lowest BCUT2D eigenvalue weighted by atomic mass is 10.1. The van der Waals surface area contributed by atoms with Crippen LogP contribution in [0.3, 0.4) is 0 Å². The lowest BCUT2D eigenvalue weighted by Crippen LogP contribution is -2.24. The Morgan fingerprint density at radius 3 is 2.35 bits per heavy atom. The molecule has 1 unspecified atom stereocenters. The Morgan fingerprint density at radius 2 is 1.79 bits per heavy atom. The summed E-state index contributed by atoms with van der Waals surface area (Å²) in [5, 5.41) is 20.2. The van der Waals surface area contributed by atoms with Crippen LogP contribution in [0.15, 0.2) is 36.4 Å². The number of hydrogen-bond acceptors (Lipinski definition) is 8. The number of carbonyl (C=O) groups is 2. The van der Waals surface area contributed by atoms with E-state index in [1.54, 1.807) is 0 Å². The van der Waals surface area contributed by atoms with Crippen molar-refractivity contribution in [2.45, 2.75) is 6.18 Å². The number of esters is 2. The van der Waals surface area contributed by atoms with Crippen molar-refractivity contribution in [1.29, 1.82) is 0 Å². The summed E-state index contributed by atoms with van der Waals surface area (Å²) in [7, 11) is 0. The molecule has 2 rings (SSSR count). The molecule has 0 amide bonds.